The number of piperidine rings is 1. The molecular formula is C18H34N2O. The van der Waals surface area contributed by atoms with E-state index in [4.69, 9.17) is 4.74 Å². The van der Waals surface area contributed by atoms with Gasteiger partial charge >= 0.3 is 0 Å². The molecule has 122 valence electrons. The van der Waals surface area contributed by atoms with Gasteiger partial charge in [-0.25, -0.2) is 0 Å². The summed E-state index contributed by atoms with van der Waals surface area (Å²) in [5.41, 5.74) is 0.301. The van der Waals surface area contributed by atoms with E-state index in [-0.39, 0.29) is 0 Å². The van der Waals surface area contributed by atoms with E-state index in [1.165, 1.54) is 77.3 Å². The van der Waals surface area contributed by atoms with Crippen molar-refractivity contribution in [2.24, 2.45) is 0 Å². The Morgan fingerprint density at radius 3 is 2.76 bits per heavy atom. The molecule has 0 aromatic carbocycles. The van der Waals surface area contributed by atoms with Crippen molar-refractivity contribution in [1.29, 1.82) is 0 Å². The molecule has 3 heteroatoms. The van der Waals surface area contributed by atoms with Gasteiger partial charge < -0.3 is 15.0 Å². The SMILES string of the molecule is CC1CCCCN1CCCNCC1CCC2(CCCC2)O1. The number of hydrogen-bond acceptors (Lipinski definition) is 3. The molecule has 0 aromatic heterocycles. The van der Waals surface area contributed by atoms with E-state index in [0.29, 0.717) is 11.7 Å². The van der Waals surface area contributed by atoms with Crippen molar-refractivity contribution in [2.45, 2.75) is 88.9 Å². The third-order valence-corrected chi connectivity index (χ3v) is 5.96. The summed E-state index contributed by atoms with van der Waals surface area (Å²) in [6.45, 7) is 7.19. The van der Waals surface area contributed by atoms with Crippen LogP contribution >= 0.6 is 0 Å². The molecule has 3 aliphatic rings. The van der Waals surface area contributed by atoms with Gasteiger partial charge in [0.2, 0.25) is 0 Å². The number of nitrogens with one attached hydrogen (secondary N) is 1. The van der Waals surface area contributed by atoms with Gasteiger partial charge in [0.15, 0.2) is 0 Å². The van der Waals surface area contributed by atoms with E-state index < -0.39 is 0 Å². The molecule has 2 saturated heterocycles. The Balaban J connectivity index is 1.25. The summed E-state index contributed by atoms with van der Waals surface area (Å²) < 4.78 is 6.35. The van der Waals surface area contributed by atoms with Crippen LogP contribution in [0.25, 0.3) is 0 Å². The lowest BCUT2D eigenvalue weighted by molar-refractivity contribution is -0.0350. The van der Waals surface area contributed by atoms with Gasteiger partial charge in [-0.2, -0.15) is 0 Å². The Hall–Kier alpha value is -0.120. The van der Waals surface area contributed by atoms with Crippen molar-refractivity contribution >= 4 is 0 Å². The fourth-order valence-electron chi connectivity index (χ4n) is 4.59. The second kappa shape index (κ2) is 7.43. The summed E-state index contributed by atoms with van der Waals surface area (Å²) in [6.07, 6.45) is 14.0. The lowest BCUT2D eigenvalue weighted by Crippen LogP contribution is -2.39. The van der Waals surface area contributed by atoms with Crippen molar-refractivity contribution in [3.05, 3.63) is 0 Å². The average molecular weight is 294 g/mol. The molecule has 0 aromatic rings. The average Bonchev–Trinajstić information content (AvgIpc) is 3.11. The molecule has 1 N–H and O–H groups in total. The Kier molecular flexibility index (Phi) is 5.58. The Bertz CT molecular complexity index is 314. The van der Waals surface area contributed by atoms with E-state index in [0.717, 1.165) is 19.1 Å². The molecule has 2 atom stereocenters. The van der Waals surface area contributed by atoms with Crippen LogP contribution in [0.3, 0.4) is 0 Å². The molecule has 0 amide bonds. The molecule has 3 nitrogen and oxygen atoms in total. The van der Waals surface area contributed by atoms with Crippen molar-refractivity contribution in [3.8, 4) is 0 Å². The third-order valence-electron chi connectivity index (χ3n) is 5.96. The summed E-state index contributed by atoms with van der Waals surface area (Å²) >= 11 is 0. The quantitative estimate of drug-likeness (QED) is 0.761. The first-order valence-corrected chi connectivity index (χ1v) is 9.40. The van der Waals surface area contributed by atoms with Gasteiger partial charge in [-0.3, -0.25) is 0 Å². The lowest BCUT2D eigenvalue weighted by atomic mass is 9.98. The highest BCUT2D eigenvalue weighted by molar-refractivity contribution is 4.93. The Morgan fingerprint density at radius 2 is 1.95 bits per heavy atom. The summed E-state index contributed by atoms with van der Waals surface area (Å²) in [4.78, 5) is 2.67. The molecule has 2 heterocycles. The van der Waals surface area contributed by atoms with Crippen LogP contribution in [-0.2, 0) is 4.74 Å². The molecular weight excluding hydrogens is 260 g/mol. The van der Waals surface area contributed by atoms with Crippen LogP contribution in [0.2, 0.25) is 0 Å². The van der Waals surface area contributed by atoms with E-state index >= 15 is 0 Å². The fraction of sp³-hybridized carbons (Fsp3) is 1.00. The van der Waals surface area contributed by atoms with Crippen LogP contribution < -0.4 is 5.32 Å². The molecule has 1 saturated carbocycles. The van der Waals surface area contributed by atoms with Gasteiger partial charge in [0.1, 0.15) is 0 Å². The lowest BCUT2D eigenvalue weighted by Gasteiger charge is -2.33. The smallest absolute Gasteiger partial charge is 0.0708 e. The maximum absolute atomic E-state index is 6.35. The normalized spacial score (nSPS) is 33.0. The van der Waals surface area contributed by atoms with Crippen LogP contribution in [0.1, 0.15) is 71.1 Å². The molecule has 2 unspecified atom stereocenters. The zero-order valence-electron chi connectivity index (χ0n) is 13.9. The first-order valence-electron chi connectivity index (χ1n) is 9.40. The molecule has 0 bridgehead atoms. The van der Waals surface area contributed by atoms with E-state index in [1.807, 2.05) is 0 Å². The van der Waals surface area contributed by atoms with E-state index in [1.54, 1.807) is 0 Å². The largest absolute Gasteiger partial charge is 0.370 e. The van der Waals surface area contributed by atoms with Gasteiger partial charge in [0.05, 0.1) is 11.7 Å². The van der Waals surface area contributed by atoms with Crippen molar-refractivity contribution < 1.29 is 4.74 Å². The summed E-state index contributed by atoms with van der Waals surface area (Å²) in [5.74, 6) is 0. The van der Waals surface area contributed by atoms with Gasteiger partial charge in [0.25, 0.3) is 0 Å². The van der Waals surface area contributed by atoms with Gasteiger partial charge in [-0.05, 0) is 71.5 Å². The molecule has 1 spiro atoms. The second-order valence-corrected chi connectivity index (χ2v) is 7.61. The number of rotatable bonds is 6. The summed E-state index contributed by atoms with van der Waals surface area (Å²) in [6, 6.07) is 0.805. The first kappa shape index (κ1) is 15.8. The van der Waals surface area contributed by atoms with E-state index in [2.05, 4.69) is 17.1 Å². The minimum absolute atomic E-state index is 0.301. The van der Waals surface area contributed by atoms with Crippen molar-refractivity contribution in [2.75, 3.05) is 26.2 Å². The third kappa shape index (κ3) is 4.20. The number of nitrogens with zero attached hydrogens (tertiary/aromatic N) is 1. The highest BCUT2D eigenvalue weighted by Gasteiger charge is 2.41. The zero-order chi connectivity index (χ0) is 14.5. The highest BCUT2D eigenvalue weighted by atomic mass is 16.5. The predicted molar refractivity (Wildman–Crippen MR) is 87.7 cm³/mol. The molecule has 2 aliphatic heterocycles. The van der Waals surface area contributed by atoms with Crippen LogP contribution in [0, 0.1) is 0 Å². The number of hydrogen-bond donors (Lipinski definition) is 1. The van der Waals surface area contributed by atoms with Crippen molar-refractivity contribution in [1.82, 2.24) is 10.2 Å². The summed E-state index contributed by atoms with van der Waals surface area (Å²) in [7, 11) is 0. The van der Waals surface area contributed by atoms with Gasteiger partial charge in [-0.1, -0.05) is 19.3 Å². The molecule has 21 heavy (non-hydrogen) atoms. The first-order chi connectivity index (χ1) is 10.3. The van der Waals surface area contributed by atoms with Crippen LogP contribution in [0.4, 0.5) is 0 Å². The Morgan fingerprint density at radius 1 is 1.10 bits per heavy atom. The predicted octanol–water partition coefficient (Wildman–Crippen LogP) is 3.33. The highest BCUT2D eigenvalue weighted by Crippen LogP contribution is 2.43. The van der Waals surface area contributed by atoms with Crippen molar-refractivity contribution in [3.63, 3.8) is 0 Å². The standard InChI is InChI=1S/C18H34N2O/c1-16-7-2-5-13-20(16)14-6-12-19-15-17-8-11-18(21-17)9-3-4-10-18/h16-17,19H,2-15H2,1H3. The minimum Gasteiger partial charge on any atom is -0.370 e. The maximum Gasteiger partial charge on any atom is 0.0708 e. The topological polar surface area (TPSA) is 24.5 Å². The number of likely N-dealkylation sites (tertiary alicyclic amines) is 1. The number of ether oxygens (including phenoxy) is 1. The van der Waals surface area contributed by atoms with Gasteiger partial charge in [0, 0.05) is 12.6 Å². The Labute approximate surface area is 130 Å². The molecule has 1 aliphatic carbocycles. The van der Waals surface area contributed by atoms with E-state index in [9.17, 15) is 0 Å². The maximum atomic E-state index is 6.35. The van der Waals surface area contributed by atoms with Crippen LogP contribution in [0.15, 0.2) is 0 Å². The fourth-order valence-corrected chi connectivity index (χ4v) is 4.59. The molecule has 3 fully saturated rings. The second-order valence-electron chi connectivity index (χ2n) is 7.61. The van der Waals surface area contributed by atoms with Gasteiger partial charge in [-0.15, -0.1) is 0 Å². The zero-order valence-corrected chi connectivity index (χ0v) is 13.9. The van der Waals surface area contributed by atoms with Crippen LogP contribution in [-0.4, -0.2) is 48.8 Å². The van der Waals surface area contributed by atoms with Crippen LogP contribution in [0.5, 0.6) is 0 Å². The molecule has 0 radical (unpaired) electrons. The summed E-state index contributed by atoms with van der Waals surface area (Å²) in [5, 5.41) is 3.64. The monoisotopic (exact) mass is 294 g/mol. The minimum atomic E-state index is 0.301. The molecule has 3 rings (SSSR count).